The van der Waals surface area contributed by atoms with E-state index in [2.05, 4.69) is 5.32 Å². The van der Waals surface area contributed by atoms with Crippen LogP contribution in [0.25, 0.3) is 0 Å². The normalized spacial score (nSPS) is 18.7. The maximum absolute atomic E-state index is 10.7. The third-order valence-electron chi connectivity index (χ3n) is 2.35. The highest BCUT2D eigenvalue weighted by Gasteiger charge is 2.22. The van der Waals surface area contributed by atoms with Crippen LogP contribution in [0, 0.1) is 0 Å². The van der Waals surface area contributed by atoms with Gasteiger partial charge >= 0.3 is 5.97 Å². The second-order valence-electron chi connectivity index (χ2n) is 3.23. The van der Waals surface area contributed by atoms with Crippen LogP contribution in [0.3, 0.4) is 0 Å². The van der Waals surface area contributed by atoms with Gasteiger partial charge < -0.3 is 10.4 Å². The lowest BCUT2D eigenvalue weighted by atomic mass is 9.98. The molecular formula is C10H12BrNO2. The Bertz CT molecular complexity index is 341. The Labute approximate surface area is 92.9 Å². The molecule has 0 spiro atoms. The maximum atomic E-state index is 10.7. The van der Waals surface area contributed by atoms with Crippen molar-refractivity contribution in [1.82, 2.24) is 0 Å². The number of para-hydroxylation sites is 1. The molecule has 1 aromatic carbocycles. The van der Waals surface area contributed by atoms with E-state index in [0.717, 1.165) is 12.1 Å². The largest absolute Gasteiger partial charge is 0.480 e. The van der Waals surface area contributed by atoms with Gasteiger partial charge in [0.15, 0.2) is 0 Å². The number of benzene rings is 1. The molecule has 0 aliphatic carbocycles. The van der Waals surface area contributed by atoms with E-state index in [-0.39, 0.29) is 17.0 Å². The van der Waals surface area contributed by atoms with Crippen molar-refractivity contribution in [3.05, 3.63) is 29.8 Å². The molecule has 14 heavy (non-hydrogen) atoms. The minimum atomic E-state index is -0.769. The number of carboxylic acid groups (broad SMARTS) is 1. The standard InChI is InChI=1S/C10H11NO2.BrH/c12-10(13)9-6-5-7-3-1-2-4-8(7)11-9;/h1-4,9,11H,5-6H2,(H,12,13);1H/t9-;/m0./s1. The van der Waals surface area contributed by atoms with Gasteiger partial charge in [-0.25, -0.2) is 4.79 Å². The molecule has 2 N–H and O–H groups in total. The summed E-state index contributed by atoms with van der Waals surface area (Å²) in [6.45, 7) is 0. The summed E-state index contributed by atoms with van der Waals surface area (Å²) in [6, 6.07) is 7.41. The number of carbonyl (C=O) groups is 1. The zero-order chi connectivity index (χ0) is 9.26. The number of hydrogen-bond donors (Lipinski definition) is 2. The Morgan fingerprint density at radius 1 is 1.43 bits per heavy atom. The van der Waals surface area contributed by atoms with Gasteiger partial charge in [-0.15, -0.1) is 17.0 Å². The molecule has 76 valence electrons. The first-order valence-electron chi connectivity index (χ1n) is 4.34. The lowest BCUT2D eigenvalue weighted by Gasteiger charge is -2.23. The van der Waals surface area contributed by atoms with Gasteiger partial charge in [-0.05, 0) is 24.5 Å². The molecule has 1 atom stereocenters. The molecule has 0 saturated heterocycles. The lowest BCUT2D eigenvalue weighted by molar-refractivity contribution is -0.138. The minimum absolute atomic E-state index is 0. The number of hydrogen-bond acceptors (Lipinski definition) is 2. The van der Waals surface area contributed by atoms with Gasteiger partial charge in [0.1, 0.15) is 6.04 Å². The van der Waals surface area contributed by atoms with Gasteiger partial charge in [-0.1, -0.05) is 18.2 Å². The molecule has 0 fully saturated rings. The fraction of sp³-hybridized carbons (Fsp3) is 0.300. The van der Waals surface area contributed by atoms with E-state index >= 15 is 0 Å². The predicted octanol–water partition coefficient (Wildman–Crippen LogP) is 2.08. The van der Waals surface area contributed by atoms with Crippen LogP contribution in [0.1, 0.15) is 12.0 Å². The number of fused-ring (bicyclic) bond motifs is 1. The fourth-order valence-corrected chi connectivity index (χ4v) is 1.62. The molecule has 0 unspecified atom stereocenters. The highest BCUT2D eigenvalue weighted by Crippen LogP contribution is 2.23. The molecule has 1 aliphatic rings. The SMILES string of the molecule is Br.O=C(O)[C@@H]1CCc2ccccc2N1. The first kappa shape index (κ1) is 11.0. The van der Waals surface area contributed by atoms with E-state index in [1.807, 2.05) is 24.3 Å². The molecule has 0 radical (unpaired) electrons. The first-order chi connectivity index (χ1) is 6.27. The monoisotopic (exact) mass is 257 g/mol. The smallest absolute Gasteiger partial charge is 0.326 e. The van der Waals surface area contributed by atoms with Crippen molar-refractivity contribution >= 4 is 28.6 Å². The molecule has 0 saturated carbocycles. The Morgan fingerprint density at radius 3 is 2.86 bits per heavy atom. The molecule has 0 bridgehead atoms. The zero-order valence-corrected chi connectivity index (χ0v) is 9.28. The van der Waals surface area contributed by atoms with Gasteiger partial charge in [0.05, 0.1) is 0 Å². The number of aliphatic carboxylic acids is 1. The maximum Gasteiger partial charge on any atom is 0.326 e. The van der Waals surface area contributed by atoms with Gasteiger partial charge in [-0.3, -0.25) is 0 Å². The topological polar surface area (TPSA) is 49.3 Å². The van der Waals surface area contributed by atoms with E-state index in [9.17, 15) is 4.79 Å². The average molecular weight is 258 g/mol. The quantitative estimate of drug-likeness (QED) is 0.810. The molecule has 4 heteroatoms. The fourth-order valence-electron chi connectivity index (χ4n) is 1.62. The third-order valence-corrected chi connectivity index (χ3v) is 2.35. The van der Waals surface area contributed by atoms with Crippen molar-refractivity contribution in [1.29, 1.82) is 0 Å². The van der Waals surface area contributed by atoms with E-state index in [0.29, 0.717) is 6.42 Å². The summed E-state index contributed by atoms with van der Waals surface area (Å²) in [5, 5.41) is 11.8. The molecule has 1 aromatic rings. The Balaban J connectivity index is 0.000000980. The third kappa shape index (κ3) is 2.07. The van der Waals surface area contributed by atoms with Crippen molar-refractivity contribution in [2.75, 3.05) is 5.32 Å². The number of aryl methyl sites for hydroxylation is 1. The van der Waals surface area contributed by atoms with Crippen LogP contribution in [0.15, 0.2) is 24.3 Å². The predicted molar refractivity (Wildman–Crippen MR) is 60.1 cm³/mol. The zero-order valence-electron chi connectivity index (χ0n) is 7.56. The summed E-state index contributed by atoms with van der Waals surface area (Å²) in [5.41, 5.74) is 2.17. The van der Waals surface area contributed by atoms with Gasteiger partial charge in [0, 0.05) is 5.69 Å². The van der Waals surface area contributed by atoms with Crippen LogP contribution in [0.4, 0.5) is 5.69 Å². The molecular weight excluding hydrogens is 246 g/mol. The molecule has 0 amide bonds. The van der Waals surface area contributed by atoms with Crippen molar-refractivity contribution in [3.8, 4) is 0 Å². The molecule has 0 aromatic heterocycles. The second-order valence-corrected chi connectivity index (χ2v) is 3.23. The van der Waals surface area contributed by atoms with E-state index in [1.165, 1.54) is 5.56 Å². The van der Waals surface area contributed by atoms with Crippen molar-refractivity contribution in [3.63, 3.8) is 0 Å². The Kier molecular flexibility index (Phi) is 3.52. The summed E-state index contributed by atoms with van der Waals surface area (Å²) in [7, 11) is 0. The number of nitrogens with one attached hydrogen (secondary N) is 1. The second kappa shape index (κ2) is 4.46. The van der Waals surface area contributed by atoms with Gasteiger partial charge in [0.2, 0.25) is 0 Å². The summed E-state index contributed by atoms with van der Waals surface area (Å²) in [6.07, 6.45) is 1.52. The van der Waals surface area contributed by atoms with Crippen molar-refractivity contribution < 1.29 is 9.90 Å². The number of carboxylic acids is 1. The van der Waals surface area contributed by atoms with Crippen LogP contribution in [0.2, 0.25) is 0 Å². The number of anilines is 1. The van der Waals surface area contributed by atoms with E-state index in [4.69, 9.17) is 5.11 Å². The van der Waals surface area contributed by atoms with Gasteiger partial charge in [-0.2, -0.15) is 0 Å². The number of rotatable bonds is 1. The van der Waals surface area contributed by atoms with Crippen LogP contribution in [-0.2, 0) is 11.2 Å². The summed E-state index contributed by atoms with van der Waals surface area (Å²) in [4.78, 5) is 10.7. The molecule has 1 aliphatic heterocycles. The Hall–Kier alpha value is -1.03. The van der Waals surface area contributed by atoms with Gasteiger partial charge in [0.25, 0.3) is 0 Å². The summed E-state index contributed by atoms with van der Waals surface area (Å²) < 4.78 is 0. The van der Waals surface area contributed by atoms with E-state index < -0.39 is 12.0 Å². The highest BCUT2D eigenvalue weighted by atomic mass is 79.9. The molecule has 3 nitrogen and oxygen atoms in total. The first-order valence-corrected chi connectivity index (χ1v) is 4.34. The van der Waals surface area contributed by atoms with Crippen LogP contribution >= 0.6 is 17.0 Å². The van der Waals surface area contributed by atoms with Crippen LogP contribution in [-0.4, -0.2) is 17.1 Å². The lowest BCUT2D eigenvalue weighted by Crippen LogP contribution is -2.33. The molecule has 2 rings (SSSR count). The minimum Gasteiger partial charge on any atom is -0.480 e. The molecule has 1 heterocycles. The summed E-state index contributed by atoms with van der Waals surface area (Å²) in [5.74, 6) is -0.769. The summed E-state index contributed by atoms with van der Waals surface area (Å²) >= 11 is 0. The van der Waals surface area contributed by atoms with E-state index in [1.54, 1.807) is 0 Å². The van der Waals surface area contributed by atoms with Crippen molar-refractivity contribution in [2.45, 2.75) is 18.9 Å². The van der Waals surface area contributed by atoms with Crippen LogP contribution in [0.5, 0.6) is 0 Å². The van der Waals surface area contributed by atoms with Crippen molar-refractivity contribution in [2.24, 2.45) is 0 Å². The average Bonchev–Trinajstić information content (AvgIpc) is 2.17. The van der Waals surface area contributed by atoms with Crippen LogP contribution < -0.4 is 5.32 Å². The highest BCUT2D eigenvalue weighted by molar-refractivity contribution is 8.93. The number of halogens is 1. The Morgan fingerprint density at radius 2 is 2.14 bits per heavy atom.